The summed E-state index contributed by atoms with van der Waals surface area (Å²) in [5.74, 6) is 2.69. The number of anilines is 2. The first-order chi connectivity index (χ1) is 24.8. The Morgan fingerprint density at radius 1 is 0.540 bits per heavy atom. The lowest BCUT2D eigenvalue weighted by Gasteiger charge is -2.30. The van der Waals surface area contributed by atoms with Crippen LogP contribution in [-0.4, -0.2) is 26.0 Å². The summed E-state index contributed by atoms with van der Waals surface area (Å²) >= 11 is 0. The number of pyridine rings is 1. The molecule has 1 aliphatic heterocycles. The molecular weight excluding hydrogens is 615 g/mol. The summed E-state index contributed by atoms with van der Waals surface area (Å²) in [5, 5.41) is 1.07. The van der Waals surface area contributed by atoms with E-state index in [4.69, 9.17) is 19.4 Å². The number of benzene rings is 5. The van der Waals surface area contributed by atoms with Gasteiger partial charge in [0.1, 0.15) is 11.3 Å². The van der Waals surface area contributed by atoms with E-state index in [9.17, 15) is 0 Å². The lowest BCUT2D eigenvalue weighted by atomic mass is 9.81. The minimum atomic E-state index is 0.0432. The smallest absolute Gasteiger partial charge is 0.167 e. The Labute approximate surface area is 289 Å². The van der Waals surface area contributed by atoms with Crippen LogP contribution in [0.25, 0.3) is 62.3 Å². The van der Waals surface area contributed by atoms with Crippen LogP contribution in [0, 0.1) is 0 Å². The number of aromatic nitrogens is 4. The molecule has 0 radical (unpaired) electrons. The fourth-order valence-electron chi connectivity index (χ4n) is 7.63. The highest BCUT2D eigenvalue weighted by Gasteiger charge is 2.44. The quantitative estimate of drug-likeness (QED) is 0.186. The monoisotopic (exact) mass is 643 g/mol. The van der Waals surface area contributed by atoms with Crippen LogP contribution in [0.3, 0.4) is 0 Å². The average molecular weight is 644 g/mol. The van der Waals surface area contributed by atoms with Crippen molar-refractivity contribution in [3.05, 3.63) is 175 Å². The second-order valence-electron chi connectivity index (χ2n) is 12.6. The molecular formula is C44H29N5O. The Morgan fingerprint density at radius 2 is 1.14 bits per heavy atom. The Bertz CT molecular complexity index is 2490. The van der Waals surface area contributed by atoms with Crippen LogP contribution >= 0.6 is 0 Å². The van der Waals surface area contributed by atoms with E-state index in [0.717, 1.165) is 50.2 Å². The third kappa shape index (κ3) is 4.49. The van der Waals surface area contributed by atoms with Gasteiger partial charge in [-0.15, -0.1) is 0 Å². The van der Waals surface area contributed by atoms with Crippen LogP contribution in [0.2, 0.25) is 0 Å². The fraction of sp³-hybridized carbons (Fsp3) is 0.0455. The fourth-order valence-corrected chi connectivity index (χ4v) is 7.63. The highest BCUT2D eigenvalue weighted by molar-refractivity contribution is 6.06. The van der Waals surface area contributed by atoms with Crippen molar-refractivity contribution in [1.82, 2.24) is 19.9 Å². The lowest BCUT2D eigenvalue weighted by molar-refractivity contribution is 0.584. The number of rotatable bonds is 5. The predicted molar refractivity (Wildman–Crippen MR) is 199 cm³/mol. The van der Waals surface area contributed by atoms with Gasteiger partial charge in [0.15, 0.2) is 17.5 Å². The summed E-state index contributed by atoms with van der Waals surface area (Å²) < 4.78 is 6.97. The minimum Gasteiger partial charge on any atom is -0.456 e. The number of para-hydroxylation sites is 2. The molecule has 5 aromatic carbocycles. The molecule has 4 heterocycles. The Balaban J connectivity index is 1.24. The van der Waals surface area contributed by atoms with Gasteiger partial charge in [-0.25, -0.2) is 15.0 Å². The van der Waals surface area contributed by atoms with Crippen molar-refractivity contribution in [3.63, 3.8) is 0 Å². The third-order valence-electron chi connectivity index (χ3n) is 9.80. The second-order valence-corrected chi connectivity index (χ2v) is 12.6. The van der Waals surface area contributed by atoms with E-state index in [1.807, 2.05) is 73.1 Å². The number of hydrogen-bond donors (Lipinski definition) is 0. The van der Waals surface area contributed by atoms with E-state index < -0.39 is 0 Å². The number of fused-ring (bicyclic) bond motifs is 7. The maximum absolute atomic E-state index is 6.97. The summed E-state index contributed by atoms with van der Waals surface area (Å²) in [7, 11) is 0. The van der Waals surface area contributed by atoms with Crippen molar-refractivity contribution >= 4 is 28.4 Å². The van der Waals surface area contributed by atoms with Gasteiger partial charge < -0.3 is 9.32 Å². The maximum atomic E-state index is 6.97. The number of furan rings is 1. The molecule has 10 rings (SSSR count). The standard InChI is InChI=1S/C44H29N5O/c1-4-12-29(13-5-1)42-46-43(30-14-6-2-7-15-30)48-44(47-42)34-21-20-32(28-24-26-45-27-25-28)39-40-37(50-41(34)39)23-22-36-38(40)33-18-10-11-19-35(33)49(36)31-16-8-3-9-17-31/h1-27,36,38H. The van der Waals surface area contributed by atoms with E-state index >= 15 is 0 Å². The summed E-state index contributed by atoms with van der Waals surface area (Å²) in [6.07, 6.45) is 8.13. The first-order valence-electron chi connectivity index (χ1n) is 16.8. The molecule has 0 saturated heterocycles. The molecule has 1 aliphatic carbocycles. The maximum Gasteiger partial charge on any atom is 0.167 e. The highest BCUT2D eigenvalue weighted by atomic mass is 16.3. The summed E-state index contributed by atoms with van der Waals surface area (Å²) in [6, 6.07) is 48.0. The van der Waals surface area contributed by atoms with E-state index in [2.05, 4.69) is 101 Å². The Hall–Kier alpha value is -6.66. The molecule has 0 fully saturated rings. The van der Waals surface area contributed by atoms with Gasteiger partial charge in [0.25, 0.3) is 0 Å². The summed E-state index contributed by atoms with van der Waals surface area (Å²) in [5.41, 5.74) is 10.4. The van der Waals surface area contributed by atoms with Crippen LogP contribution in [-0.2, 0) is 0 Å². The molecule has 0 bridgehead atoms. The van der Waals surface area contributed by atoms with Gasteiger partial charge in [-0.2, -0.15) is 0 Å². The lowest BCUT2D eigenvalue weighted by Crippen LogP contribution is -2.30. The summed E-state index contributed by atoms with van der Waals surface area (Å²) in [6.45, 7) is 0. The molecule has 8 aromatic rings. The number of hydrogen-bond acceptors (Lipinski definition) is 6. The van der Waals surface area contributed by atoms with E-state index in [1.165, 1.54) is 16.8 Å². The van der Waals surface area contributed by atoms with Crippen LogP contribution in [0.1, 0.15) is 22.8 Å². The van der Waals surface area contributed by atoms with Gasteiger partial charge in [-0.05, 0) is 59.2 Å². The minimum absolute atomic E-state index is 0.0432. The van der Waals surface area contributed by atoms with Crippen molar-refractivity contribution < 1.29 is 4.42 Å². The first-order valence-corrected chi connectivity index (χ1v) is 16.8. The van der Waals surface area contributed by atoms with E-state index in [1.54, 1.807) is 0 Å². The van der Waals surface area contributed by atoms with Crippen LogP contribution in [0.15, 0.2) is 162 Å². The zero-order valence-electron chi connectivity index (χ0n) is 26.9. The van der Waals surface area contributed by atoms with Crippen LogP contribution < -0.4 is 4.90 Å². The molecule has 236 valence electrons. The molecule has 3 aromatic heterocycles. The molecule has 6 heteroatoms. The van der Waals surface area contributed by atoms with Gasteiger partial charge in [-0.1, -0.05) is 109 Å². The van der Waals surface area contributed by atoms with Crippen molar-refractivity contribution in [2.75, 3.05) is 4.90 Å². The molecule has 0 amide bonds. The molecule has 0 saturated carbocycles. The first kappa shape index (κ1) is 28.4. The second kappa shape index (κ2) is 11.5. The largest absolute Gasteiger partial charge is 0.456 e. The molecule has 2 aliphatic rings. The average Bonchev–Trinajstić information content (AvgIpc) is 3.75. The predicted octanol–water partition coefficient (Wildman–Crippen LogP) is 10.4. The normalized spacial score (nSPS) is 15.9. The highest BCUT2D eigenvalue weighted by Crippen LogP contribution is 2.55. The van der Waals surface area contributed by atoms with Crippen molar-refractivity contribution in [2.24, 2.45) is 0 Å². The van der Waals surface area contributed by atoms with Crippen LogP contribution in [0.4, 0.5) is 11.4 Å². The Kier molecular flexibility index (Phi) is 6.52. The van der Waals surface area contributed by atoms with Crippen molar-refractivity contribution in [3.8, 4) is 45.3 Å². The SMILES string of the molecule is C1=CC2C(c3ccccc3N2c2ccccc2)c2c1oc1c(-c3nc(-c4ccccc4)nc(-c4ccccc4)n3)ccc(-c3ccncc3)c21. The summed E-state index contributed by atoms with van der Waals surface area (Å²) in [4.78, 5) is 21.9. The topological polar surface area (TPSA) is 67.9 Å². The molecule has 0 N–H and O–H groups in total. The molecule has 0 spiro atoms. The zero-order chi connectivity index (χ0) is 33.0. The van der Waals surface area contributed by atoms with Crippen LogP contribution in [0.5, 0.6) is 0 Å². The van der Waals surface area contributed by atoms with Gasteiger partial charge >= 0.3 is 0 Å². The van der Waals surface area contributed by atoms with Gasteiger partial charge in [-0.3, -0.25) is 4.98 Å². The van der Waals surface area contributed by atoms with Crippen molar-refractivity contribution in [2.45, 2.75) is 12.0 Å². The van der Waals surface area contributed by atoms with E-state index in [0.29, 0.717) is 17.5 Å². The Morgan fingerprint density at radius 3 is 1.84 bits per heavy atom. The van der Waals surface area contributed by atoms with E-state index in [-0.39, 0.29) is 12.0 Å². The molecule has 2 unspecified atom stereocenters. The molecule has 50 heavy (non-hydrogen) atoms. The molecule has 2 atom stereocenters. The van der Waals surface area contributed by atoms with Gasteiger partial charge in [0, 0.05) is 51.8 Å². The van der Waals surface area contributed by atoms with Gasteiger partial charge in [0.05, 0.1) is 11.6 Å². The van der Waals surface area contributed by atoms with Crippen molar-refractivity contribution in [1.29, 1.82) is 0 Å². The van der Waals surface area contributed by atoms with Gasteiger partial charge in [0.2, 0.25) is 0 Å². The third-order valence-corrected chi connectivity index (χ3v) is 9.80. The molecule has 6 nitrogen and oxygen atoms in total. The number of nitrogens with zero attached hydrogens (tertiary/aromatic N) is 5. The zero-order valence-corrected chi connectivity index (χ0v) is 26.9.